The monoisotopic (exact) mass is 410 g/mol. The highest BCUT2D eigenvalue weighted by molar-refractivity contribution is 6.39. The maximum atomic E-state index is 13.2. The van der Waals surface area contributed by atoms with E-state index in [1.807, 2.05) is 36.4 Å². The molecular weight excluding hydrogens is 399 g/mol. The molecule has 7 heteroatoms. The summed E-state index contributed by atoms with van der Waals surface area (Å²) in [5, 5.41) is 6.76. The highest BCUT2D eigenvalue weighted by Crippen LogP contribution is 2.37. The van der Waals surface area contributed by atoms with Crippen molar-refractivity contribution in [1.82, 2.24) is 0 Å². The summed E-state index contributed by atoms with van der Waals surface area (Å²) in [4.78, 5) is 32.6. The van der Waals surface area contributed by atoms with Crippen molar-refractivity contribution < 1.29 is 14.4 Å². The smallest absolute Gasteiger partial charge is 0.278 e. The van der Waals surface area contributed by atoms with Gasteiger partial charge in [-0.25, -0.2) is 4.90 Å². The summed E-state index contributed by atoms with van der Waals surface area (Å²) >= 11 is 12.2. The van der Waals surface area contributed by atoms with Gasteiger partial charge in [0.15, 0.2) is 0 Å². The molecule has 0 radical (unpaired) electrons. The standard InChI is InChI=1S/C21H12Cl2N2O3/c22-13-6-8-15(16(23)10-13)18-17-19(28-24-18)21(27)25(20(17)26)14-7-5-11-3-1-2-4-12(11)9-14/h1-10,17,19H/t17-,19+/m1/s1. The van der Waals surface area contributed by atoms with Crippen LogP contribution in [0.1, 0.15) is 5.56 Å². The minimum absolute atomic E-state index is 0.341. The molecule has 5 nitrogen and oxygen atoms in total. The Hall–Kier alpha value is -2.89. The van der Waals surface area contributed by atoms with Crippen molar-refractivity contribution >= 4 is 57.2 Å². The van der Waals surface area contributed by atoms with Gasteiger partial charge in [0.1, 0.15) is 11.6 Å². The topological polar surface area (TPSA) is 59.0 Å². The van der Waals surface area contributed by atoms with E-state index in [0.29, 0.717) is 27.0 Å². The Labute approximate surface area is 170 Å². The van der Waals surface area contributed by atoms with Crippen LogP contribution in [0.4, 0.5) is 5.69 Å². The molecule has 1 saturated heterocycles. The van der Waals surface area contributed by atoms with Crippen LogP contribution in [-0.2, 0) is 14.4 Å². The van der Waals surface area contributed by atoms with Crippen molar-refractivity contribution in [2.24, 2.45) is 11.1 Å². The predicted octanol–water partition coefficient (Wildman–Crippen LogP) is 4.44. The number of anilines is 1. The van der Waals surface area contributed by atoms with E-state index < -0.39 is 17.9 Å². The molecule has 3 aromatic carbocycles. The Morgan fingerprint density at radius 2 is 1.68 bits per heavy atom. The van der Waals surface area contributed by atoms with E-state index in [0.717, 1.165) is 10.8 Å². The summed E-state index contributed by atoms with van der Waals surface area (Å²) < 4.78 is 0. The van der Waals surface area contributed by atoms with Gasteiger partial charge in [0.05, 0.1) is 10.7 Å². The first kappa shape index (κ1) is 17.2. The van der Waals surface area contributed by atoms with Gasteiger partial charge in [-0.1, -0.05) is 64.8 Å². The minimum atomic E-state index is -0.985. The third-order valence-electron chi connectivity index (χ3n) is 5.01. The number of oxime groups is 1. The van der Waals surface area contributed by atoms with Crippen LogP contribution >= 0.6 is 23.2 Å². The van der Waals surface area contributed by atoms with Gasteiger partial charge < -0.3 is 4.84 Å². The van der Waals surface area contributed by atoms with Crippen molar-refractivity contribution in [2.45, 2.75) is 6.10 Å². The largest absolute Gasteiger partial charge is 0.381 e. The molecule has 0 saturated carbocycles. The molecule has 0 aliphatic carbocycles. The van der Waals surface area contributed by atoms with Gasteiger partial charge in [0.25, 0.3) is 5.91 Å². The number of carbonyl (C=O) groups is 2. The molecule has 2 atom stereocenters. The van der Waals surface area contributed by atoms with E-state index in [-0.39, 0.29) is 5.91 Å². The fourth-order valence-corrected chi connectivity index (χ4v) is 4.17. The highest BCUT2D eigenvalue weighted by Gasteiger charge is 2.56. The predicted molar refractivity (Wildman–Crippen MR) is 108 cm³/mol. The first-order chi connectivity index (χ1) is 13.5. The maximum Gasteiger partial charge on any atom is 0.278 e. The molecule has 0 spiro atoms. The van der Waals surface area contributed by atoms with Crippen molar-refractivity contribution in [3.8, 4) is 0 Å². The summed E-state index contributed by atoms with van der Waals surface area (Å²) in [5.41, 5.74) is 1.38. The van der Waals surface area contributed by atoms with Crippen LogP contribution in [0.15, 0.2) is 65.8 Å². The highest BCUT2D eigenvalue weighted by atomic mass is 35.5. The summed E-state index contributed by atoms with van der Waals surface area (Å²) in [6.45, 7) is 0. The molecule has 2 amide bonds. The summed E-state index contributed by atoms with van der Waals surface area (Å²) in [6, 6.07) is 18.1. The molecular formula is C21H12Cl2N2O3. The second-order valence-electron chi connectivity index (χ2n) is 6.65. The quantitative estimate of drug-likeness (QED) is 0.586. The Morgan fingerprint density at radius 1 is 0.893 bits per heavy atom. The summed E-state index contributed by atoms with van der Waals surface area (Å²) in [5.74, 6) is -1.65. The van der Waals surface area contributed by atoms with Gasteiger partial charge in [0.2, 0.25) is 12.0 Å². The van der Waals surface area contributed by atoms with E-state index in [4.69, 9.17) is 28.0 Å². The lowest BCUT2D eigenvalue weighted by molar-refractivity contribution is -0.126. The van der Waals surface area contributed by atoms with Crippen molar-refractivity contribution in [1.29, 1.82) is 0 Å². The van der Waals surface area contributed by atoms with Gasteiger partial charge in [-0.05, 0) is 35.0 Å². The second kappa shape index (κ2) is 6.33. The average Bonchev–Trinajstić information content (AvgIpc) is 3.22. The molecule has 2 aliphatic rings. The fourth-order valence-electron chi connectivity index (χ4n) is 3.67. The van der Waals surface area contributed by atoms with Crippen molar-refractivity contribution in [3.63, 3.8) is 0 Å². The maximum absolute atomic E-state index is 13.2. The van der Waals surface area contributed by atoms with Gasteiger partial charge in [-0.3, -0.25) is 9.59 Å². The first-order valence-corrected chi connectivity index (χ1v) is 9.36. The minimum Gasteiger partial charge on any atom is -0.381 e. The molecule has 2 aliphatic heterocycles. The Balaban J connectivity index is 1.54. The number of hydrogen-bond donors (Lipinski definition) is 0. The van der Waals surface area contributed by atoms with Crippen molar-refractivity contribution in [2.75, 3.05) is 4.90 Å². The normalized spacial score (nSPS) is 21.1. The van der Waals surface area contributed by atoms with E-state index in [2.05, 4.69) is 5.16 Å². The average molecular weight is 411 g/mol. The zero-order valence-electron chi connectivity index (χ0n) is 14.3. The SMILES string of the molecule is O=C1[C@@H]2C(c3ccc(Cl)cc3Cl)=NO[C@@H]2C(=O)N1c1ccc2ccccc2c1. The lowest BCUT2D eigenvalue weighted by atomic mass is 9.94. The molecule has 3 aromatic rings. The Morgan fingerprint density at radius 3 is 2.46 bits per heavy atom. The number of hydrogen-bond acceptors (Lipinski definition) is 4. The summed E-state index contributed by atoms with van der Waals surface area (Å²) in [7, 11) is 0. The van der Waals surface area contributed by atoms with Crippen LogP contribution in [-0.4, -0.2) is 23.6 Å². The van der Waals surface area contributed by atoms with E-state index in [9.17, 15) is 9.59 Å². The zero-order valence-corrected chi connectivity index (χ0v) is 15.8. The number of amides is 2. The van der Waals surface area contributed by atoms with E-state index >= 15 is 0 Å². The first-order valence-electron chi connectivity index (χ1n) is 8.60. The lowest BCUT2D eigenvalue weighted by Gasteiger charge is -2.16. The molecule has 28 heavy (non-hydrogen) atoms. The molecule has 0 bridgehead atoms. The van der Waals surface area contributed by atoms with Crippen LogP contribution in [0.2, 0.25) is 10.0 Å². The van der Waals surface area contributed by atoms with Gasteiger partial charge in [-0.2, -0.15) is 0 Å². The Bertz CT molecular complexity index is 1190. The number of nitrogens with zero attached hydrogens (tertiary/aromatic N) is 2. The molecule has 5 rings (SSSR count). The van der Waals surface area contributed by atoms with Crippen LogP contribution in [0.25, 0.3) is 10.8 Å². The number of benzene rings is 3. The molecule has 2 heterocycles. The molecule has 1 fully saturated rings. The number of fused-ring (bicyclic) bond motifs is 2. The number of rotatable bonds is 2. The van der Waals surface area contributed by atoms with Crippen molar-refractivity contribution in [3.05, 3.63) is 76.3 Å². The van der Waals surface area contributed by atoms with Gasteiger partial charge >= 0.3 is 0 Å². The molecule has 0 unspecified atom stereocenters. The lowest BCUT2D eigenvalue weighted by Crippen LogP contribution is -2.33. The van der Waals surface area contributed by atoms with Crippen LogP contribution < -0.4 is 4.90 Å². The van der Waals surface area contributed by atoms with Crippen LogP contribution in [0, 0.1) is 5.92 Å². The van der Waals surface area contributed by atoms with Crippen LogP contribution in [0.3, 0.4) is 0 Å². The fraction of sp³-hybridized carbons (Fsp3) is 0.0952. The summed E-state index contributed by atoms with van der Waals surface area (Å²) in [6.07, 6.45) is -0.985. The number of halogens is 2. The number of imide groups is 1. The molecule has 138 valence electrons. The molecule has 0 N–H and O–H groups in total. The van der Waals surface area contributed by atoms with Crippen LogP contribution in [0.5, 0.6) is 0 Å². The number of carbonyl (C=O) groups excluding carboxylic acids is 2. The van der Waals surface area contributed by atoms with E-state index in [1.54, 1.807) is 24.3 Å². The van der Waals surface area contributed by atoms with Gasteiger partial charge in [-0.15, -0.1) is 0 Å². The second-order valence-corrected chi connectivity index (χ2v) is 7.49. The molecule has 0 aromatic heterocycles. The third-order valence-corrected chi connectivity index (χ3v) is 5.56. The van der Waals surface area contributed by atoms with E-state index in [1.165, 1.54) is 4.90 Å². The van der Waals surface area contributed by atoms with Gasteiger partial charge in [0, 0.05) is 10.6 Å². The Kier molecular flexibility index (Phi) is 3.89. The zero-order chi connectivity index (χ0) is 19.4. The third kappa shape index (κ3) is 2.51.